The minimum atomic E-state index is -3.15. The zero-order valence-electron chi connectivity index (χ0n) is 17.8. The van der Waals surface area contributed by atoms with E-state index in [1.165, 1.54) is 12.3 Å². The molecule has 5 rings (SSSR count). The molecule has 7 nitrogen and oxygen atoms in total. The fraction of sp³-hybridized carbons (Fsp3) is 0.261. The molecule has 1 aliphatic rings. The van der Waals surface area contributed by atoms with Crippen LogP contribution in [0.25, 0.3) is 22.3 Å². The molecule has 0 saturated carbocycles. The summed E-state index contributed by atoms with van der Waals surface area (Å²) in [6.07, 6.45) is -3.08. The van der Waals surface area contributed by atoms with Crippen molar-refractivity contribution in [1.29, 1.82) is 0 Å². The number of aromatic nitrogens is 4. The zero-order valence-corrected chi connectivity index (χ0v) is 18.6. The minimum Gasteiger partial charge on any atom is -0.378 e. The standard InChI is InChI=1S/C23H20ClF3N6O/c24-15-12-28-23(30-16-3-1-2-4-18(16)32-7-9-34-10-8-32)31-20(15)14-5-6-19-17(11-14)29-13-33(19)22(27)21(25)26/h1-6,11-13,21-22H,7-10H2,(H,28,30,31). The molecule has 1 atom stereocenters. The summed E-state index contributed by atoms with van der Waals surface area (Å²) >= 11 is 6.38. The van der Waals surface area contributed by atoms with Crippen LogP contribution in [-0.2, 0) is 4.74 Å². The first-order valence-electron chi connectivity index (χ1n) is 10.6. The average molecular weight is 489 g/mol. The number of imidazole rings is 1. The van der Waals surface area contributed by atoms with Gasteiger partial charge in [0.2, 0.25) is 12.2 Å². The molecule has 2 aromatic carbocycles. The molecule has 1 unspecified atom stereocenters. The molecule has 1 N–H and O–H groups in total. The van der Waals surface area contributed by atoms with Crippen LogP contribution in [0.15, 0.2) is 55.0 Å². The summed E-state index contributed by atoms with van der Waals surface area (Å²) in [5, 5.41) is 3.57. The van der Waals surface area contributed by atoms with E-state index in [4.69, 9.17) is 16.3 Å². The van der Waals surface area contributed by atoms with Gasteiger partial charge >= 0.3 is 0 Å². The van der Waals surface area contributed by atoms with Gasteiger partial charge in [-0.05, 0) is 24.3 Å². The van der Waals surface area contributed by atoms with Crippen LogP contribution in [0.3, 0.4) is 0 Å². The van der Waals surface area contributed by atoms with Crippen LogP contribution >= 0.6 is 11.6 Å². The van der Waals surface area contributed by atoms with Gasteiger partial charge in [-0.3, -0.25) is 4.57 Å². The zero-order chi connectivity index (χ0) is 23.7. The summed E-state index contributed by atoms with van der Waals surface area (Å²) in [5.41, 5.74) is 3.49. The second kappa shape index (κ2) is 9.47. The Hall–Kier alpha value is -3.37. The Morgan fingerprint density at radius 1 is 1.03 bits per heavy atom. The lowest BCUT2D eigenvalue weighted by Crippen LogP contribution is -2.36. The predicted molar refractivity (Wildman–Crippen MR) is 125 cm³/mol. The Bertz CT molecular complexity index is 1310. The Morgan fingerprint density at radius 3 is 2.62 bits per heavy atom. The van der Waals surface area contributed by atoms with E-state index in [0.29, 0.717) is 41.0 Å². The number of nitrogens with zero attached hydrogens (tertiary/aromatic N) is 5. The van der Waals surface area contributed by atoms with Crippen molar-refractivity contribution < 1.29 is 17.9 Å². The molecule has 1 aliphatic heterocycles. The fourth-order valence-corrected chi connectivity index (χ4v) is 4.11. The number of hydrogen-bond donors (Lipinski definition) is 1. The lowest BCUT2D eigenvalue weighted by atomic mass is 10.1. The van der Waals surface area contributed by atoms with Gasteiger partial charge in [0.1, 0.15) is 0 Å². The maximum absolute atomic E-state index is 13.8. The molecule has 0 amide bonds. The first-order valence-corrected chi connectivity index (χ1v) is 11.0. The minimum absolute atomic E-state index is 0.250. The van der Waals surface area contributed by atoms with Gasteiger partial charge in [0.15, 0.2) is 0 Å². The number of alkyl halides is 3. The van der Waals surface area contributed by atoms with Gasteiger partial charge in [0, 0.05) is 18.7 Å². The number of hydrogen-bond acceptors (Lipinski definition) is 6. The van der Waals surface area contributed by atoms with Crippen LogP contribution in [0.4, 0.5) is 30.5 Å². The molecule has 0 spiro atoms. The smallest absolute Gasteiger partial charge is 0.288 e. The maximum atomic E-state index is 13.8. The Balaban J connectivity index is 1.46. The van der Waals surface area contributed by atoms with Gasteiger partial charge < -0.3 is 15.0 Å². The van der Waals surface area contributed by atoms with Crippen LogP contribution in [0, 0.1) is 0 Å². The average Bonchev–Trinajstić information content (AvgIpc) is 3.28. The molecular weight excluding hydrogens is 469 g/mol. The van der Waals surface area contributed by atoms with Crippen molar-refractivity contribution in [3.63, 3.8) is 0 Å². The van der Waals surface area contributed by atoms with Crippen LogP contribution in [0.2, 0.25) is 5.02 Å². The summed E-state index contributed by atoms with van der Waals surface area (Å²) in [4.78, 5) is 15.2. The monoisotopic (exact) mass is 488 g/mol. The normalized spacial score (nSPS) is 15.1. The number of fused-ring (bicyclic) bond motifs is 1. The predicted octanol–water partition coefficient (Wildman–Crippen LogP) is 5.46. The number of benzene rings is 2. The summed E-state index contributed by atoms with van der Waals surface area (Å²) < 4.78 is 45.7. The van der Waals surface area contributed by atoms with E-state index in [-0.39, 0.29) is 5.52 Å². The molecule has 4 aromatic rings. The van der Waals surface area contributed by atoms with E-state index in [0.717, 1.165) is 35.4 Å². The van der Waals surface area contributed by atoms with Gasteiger partial charge in [-0.1, -0.05) is 29.8 Å². The van der Waals surface area contributed by atoms with E-state index in [9.17, 15) is 13.2 Å². The van der Waals surface area contributed by atoms with Gasteiger partial charge in [0.25, 0.3) is 6.43 Å². The van der Waals surface area contributed by atoms with Crippen molar-refractivity contribution in [2.24, 2.45) is 0 Å². The van der Waals surface area contributed by atoms with Gasteiger partial charge in [-0.15, -0.1) is 0 Å². The summed E-state index contributed by atoms with van der Waals surface area (Å²) in [6.45, 7) is 2.88. The fourth-order valence-electron chi connectivity index (χ4n) is 3.91. The molecule has 0 aliphatic carbocycles. The Labute approximate surface area is 198 Å². The molecule has 1 fully saturated rings. The highest BCUT2D eigenvalue weighted by molar-refractivity contribution is 6.33. The lowest BCUT2D eigenvalue weighted by molar-refractivity contribution is 0.0103. The van der Waals surface area contributed by atoms with Crippen LogP contribution in [0.5, 0.6) is 0 Å². The van der Waals surface area contributed by atoms with Crippen molar-refractivity contribution in [1.82, 2.24) is 19.5 Å². The highest BCUT2D eigenvalue weighted by atomic mass is 35.5. The first-order chi connectivity index (χ1) is 16.5. The highest BCUT2D eigenvalue weighted by Crippen LogP contribution is 2.33. The highest BCUT2D eigenvalue weighted by Gasteiger charge is 2.23. The number of para-hydroxylation sites is 2. The van der Waals surface area contributed by atoms with Crippen molar-refractivity contribution >= 4 is 40.0 Å². The van der Waals surface area contributed by atoms with E-state index < -0.39 is 12.7 Å². The molecule has 176 valence electrons. The summed E-state index contributed by atoms with van der Waals surface area (Å²) in [6, 6.07) is 12.6. The van der Waals surface area contributed by atoms with Crippen molar-refractivity contribution in [2.75, 3.05) is 36.5 Å². The second-order valence-electron chi connectivity index (χ2n) is 7.69. The summed E-state index contributed by atoms with van der Waals surface area (Å²) in [7, 11) is 0. The van der Waals surface area contributed by atoms with Crippen molar-refractivity contribution in [2.45, 2.75) is 12.7 Å². The van der Waals surface area contributed by atoms with Gasteiger partial charge in [0.05, 0.1) is 58.9 Å². The van der Waals surface area contributed by atoms with Crippen LogP contribution in [0.1, 0.15) is 6.30 Å². The molecule has 2 aromatic heterocycles. The molecule has 0 radical (unpaired) electrons. The van der Waals surface area contributed by atoms with Gasteiger partial charge in [-0.2, -0.15) is 0 Å². The SMILES string of the molecule is FC(F)C(F)n1cnc2cc(-c3nc(Nc4ccccc4N4CCOCC4)ncc3Cl)ccc21. The topological polar surface area (TPSA) is 68.1 Å². The molecule has 11 heteroatoms. The van der Waals surface area contributed by atoms with Crippen molar-refractivity contribution in [3.05, 3.63) is 60.0 Å². The summed E-state index contributed by atoms with van der Waals surface area (Å²) in [5.74, 6) is 0.340. The molecular formula is C23H20ClF3N6O. The molecule has 0 bridgehead atoms. The van der Waals surface area contributed by atoms with E-state index in [1.54, 1.807) is 12.1 Å². The number of nitrogens with one attached hydrogen (secondary N) is 1. The molecule has 1 saturated heterocycles. The molecule has 34 heavy (non-hydrogen) atoms. The van der Waals surface area contributed by atoms with E-state index >= 15 is 0 Å². The van der Waals surface area contributed by atoms with Crippen LogP contribution < -0.4 is 10.2 Å². The first kappa shape index (κ1) is 22.4. The van der Waals surface area contributed by atoms with Crippen molar-refractivity contribution in [3.8, 4) is 11.3 Å². The third-order valence-electron chi connectivity index (χ3n) is 5.57. The quantitative estimate of drug-likeness (QED) is 0.389. The third-order valence-corrected chi connectivity index (χ3v) is 5.84. The number of rotatable bonds is 6. The Kier molecular flexibility index (Phi) is 6.25. The van der Waals surface area contributed by atoms with E-state index in [2.05, 4.69) is 25.2 Å². The second-order valence-corrected chi connectivity index (χ2v) is 8.10. The lowest BCUT2D eigenvalue weighted by Gasteiger charge is -2.30. The van der Waals surface area contributed by atoms with E-state index in [1.807, 2.05) is 24.3 Å². The molecule has 3 heterocycles. The largest absolute Gasteiger partial charge is 0.378 e. The number of anilines is 3. The maximum Gasteiger partial charge on any atom is 0.288 e. The number of ether oxygens (including phenoxy) is 1. The van der Waals surface area contributed by atoms with Crippen LogP contribution in [-0.4, -0.2) is 52.2 Å². The Morgan fingerprint density at radius 2 is 1.82 bits per heavy atom. The number of morpholine rings is 1. The third kappa shape index (κ3) is 4.38. The number of halogens is 4. The van der Waals surface area contributed by atoms with Gasteiger partial charge in [-0.25, -0.2) is 28.1 Å².